The molecule has 0 aliphatic heterocycles. The molecule has 1 unspecified atom stereocenters. The molecule has 6 nitrogen and oxygen atoms in total. The molecule has 170 valence electrons. The first-order valence-corrected chi connectivity index (χ1v) is 12.2. The van der Waals surface area contributed by atoms with E-state index in [0.29, 0.717) is 22.0 Å². The molecule has 0 aliphatic carbocycles. The molecule has 0 saturated heterocycles. The number of aryl methyl sites for hydroxylation is 3. The quantitative estimate of drug-likeness (QED) is 0.415. The molecule has 4 aromatic rings. The van der Waals surface area contributed by atoms with Gasteiger partial charge in [-0.1, -0.05) is 59.1 Å². The molecule has 0 amide bonds. The van der Waals surface area contributed by atoms with Gasteiger partial charge in [-0.25, -0.2) is 8.42 Å². The average Bonchev–Trinajstić information content (AvgIpc) is 3.07. The highest BCUT2D eigenvalue weighted by atomic mass is 35.5. The van der Waals surface area contributed by atoms with Crippen molar-refractivity contribution < 1.29 is 12.9 Å². The van der Waals surface area contributed by atoms with Gasteiger partial charge in [0.15, 0.2) is 0 Å². The molecule has 4 rings (SSSR count). The maximum Gasteiger partial charge on any atom is 0.292 e. The molecule has 33 heavy (non-hydrogen) atoms. The molecule has 0 saturated carbocycles. The second-order valence-corrected chi connectivity index (χ2v) is 10.1. The Bertz CT molecular complexity index is 1440. The first-order valence-electron chi connectivity index (χ1n) is 10.3. The Morgan fingerprint density at radius 3 is 1.97 bits per heavy atom. The lowest BCUT2D eigenvalue weighted by atomic mass is 10.0. The number of benzene rings is 3. The van der Waals surface area contributed by atoms with Gasteiger partial charge >= 0.3 is 0 Å². The molecule has 0 aliphatic rings. The van der Waals surface area contributed by atoms with Crippen LogP contribution in [0.1, 0.15) is 34.1 Å². The summed E-state index contributed by atoms with van der Waals surface area (Å²) in [4.78, 5) is 13.5. The third-order valence-electron chi connectivity index (χ3n) is 5.39. The van der Waals surface area contributed by atoms with Gasteiger partial charge in [0, 0.05) is 5.02 Å². The number of nitrogens with one attached hydrogen (secondary N) is 1. The van der Waals surface area contributed by atoms with E-state index < -0.39 is 21.6 Å². The number of sulfonamides is 1. The Morgan fingerprint density at radius 2 is 1.39 bits per heavy atom. The van der Waals surface area contributed by atoms with Crippen LogP contribution >= 0.6 is 11.6 Å². The summed E-state index contributed by atoms with van der Waals surface area (Å²) in [6.07, 6.45) is 0. The molecule has 1 heterocycles. The fourth-order valence-corrected chi connectivity index (χ4v) is 4.87. The van der Waals surface area contributed by atoms with E-state index in [1.165, 1.54) is 16.9 Å². The molecular weight excluding hydrogens is 460 g/mol. The van der Waals surface area contributed by atoms with Crippen LogP contribution in [0.3, 0.4) is 0 Å². The number of hydrogen-bond donors (Lipinski definition) is 1. The zero-order chi connectivity index (χ0) is 23.8. The van der Waals surface area contributed by atoms with Gasteiger partial charge < -0.3 is 4.52 Å². The molecule has 3 aromatic carbocycles. The highest BCUT2D eigenvalue weighted by Gasteiger charge is 2.30. The van der Waals surface area contributed by atoms with Crippen molar-refractivity contribution >= 4 is 21.6 Å². The van der Waals surface area contributed by atoms with Gasteiger partial charge in [-0.3, -0.25) is 4.79 Å². The Labute approximate surface area is 197 Å². The summed E-state index contributed by atoms with van der Waals surface area (Å²) in [6.45, 7) is 5.47. The van der Waals surface area contributed by atoms with E-state index in [-0.39, 0.29) is 10.5 Å². The summed E-state index contributed by atoms with van der Waals surface area (Å²) >= 11 is 6.04. The molecule has 0 spiro atoms. The van der Waals surface area contributed by atoms with E-state index in [1.807, 2.05) is 26.0 Å². The van der Waals surface area contributed by atoms with E-state index in [2.05, 4.69) is 4.72 Å². The molecule has 0 radical (unpaired) electrons. The summed E-state index contributed by atoms with van der Waals surface area (Å²) in [6, 6.07) is 19.5. The first kappa shape index (κ1) is 23.0. The Balaban J connectivity index is 1.84. The zero-order valence-electron chi connectivity index (χ0n) is 18.4. The molecule has 1 atom stereocenters. The minimum Gasteiger partial charge on any atom is -0.376 e. The normalized spacial score (nSPS) is 12.6. The van der Waals surface area contributed by atoms with Crippen LogP contribution in [0.25, 0.3) is 5.69 Å². The molecular formula is C25H23ClN2O4S. The SMILES string of the molecule is Cc1ccc(-n2oc(C)c(C(NS(=O)(=O)c3ccc(C)cc3)c3ccc(Cl)cc3)c2=O)cc1. The lowest BCUT2D eigenvalue weighted by Gasteiger charge is -2.18. The highest BCUT2D eigenvalue weighted by Crippen LogP contribution is 2.27. The second kappa shape index (κ2) is 9.02. The van der Waals surface area contributed by atoms with Crippen molar-refractivity contribution in [1.29, 1.82) is 0 Å². The largest absolute Gasteiger partial charge is 0.376 e. The standard InChI is InChI=1S/C25H23ClN2O4S/c1-16-4-12-21(13-5-16)28-25(29)23(18(3)32-28)24(19-8-10-20(26)11-9-19)27-33(30,31)22-14-6-17(2)7-15-22/h4-15,24,27H,1-3H3. The van der Waals surface area contributed by atoms with Crippen molar-refractivity contribution in [3.05, 3.63) is 116 Å². The predicted molar refractivity (Wildman–Crippen MR) is 129 cm³/mol. The third kappa shape index (κ3) is 4.80. The second-order valence-electron chi connectivity index (χ2n) is 7.92. The summed E-state index contributed by atoms with van der Waals surface area (Å²) in [5.41, 5.74) is 2.86. The van der Waals surface area contributed by atoms with Crippen molar-refractivity contribution in [3.63, 3.8) is 0 Å². The maximum atomic E-state index is 13.4. The topological polar surface area (TPSA) is 81.3 Å². The van der Waals surface area contributed by atoms with Crippen LogP contribution in [0.15, 0.2) is 87.0 Å². The average molecular weight is 483 g/mol. The molecule has 1 N–H and O–H groups in total. The van der Waals surface area contributed by atoms with Gasteiger partial charge in [0.2, 0.25) is 10.0 Å². The molecule has 0 bridgehead atoms. The van der Waals surface area contributed by atoms with Crippen LogP contribution < -0.4 is 10.3 Å². The minimum absolute atomic E-state index is 0.104. The summed E-state index contributed by atoms with van der Waals surface area (Å²) in [5, 5.41) is 0.500. The number of aromatic nitrogens is 1. The third-order valence-corrected chi connectivity index (χ3v) is 7.08. The Morgan fingerprint density at radius 1 is 0.848 bits per heavy atom. The molecule has 0 fully saturated rings. The van der Waals surface area contributed by atoms with Crippen molar-refractivity contribution in [2.75, 3.05) is 0 Å². The number of rotatable bonds is 6. The van der Waals surface area contributed by atoms with Gasteiger partial charge in [0.05, 0.1) is 22.2 Å². The van der Waals surface area contributed by atoms with Crippen LogP contribution in [0.4, 0.5) is 0 Å². The van der Waals surface area contributed by atoms with Gasteiger partial charge in [0.25, 0.3) is 5.56 Å². The monoisotopic (exact) mass is 482 g/mol. The van der Waals surface area contributed by atoms with Crippen molar-refractivity contribution in [1.82, 2.24) is 9.46 Å². The maximum absolute atomic E-state index is 13.4. The Hall–Kier alpha value is -3.13. The predicted octanol–water partition coefficient (Wildman–Crippen LogP) is 5.08. The fraction of sp³-hybridized carbons (Fsp3) is 0.160. The van der Waals surface area contributed by atoms with E-state index in [1.54, 1.807) is 55.5 Å². The van der Waals surface area contributed by atoms with Gasteiger partial charge in [-0.05, 0) is 62.7 Å². The van der Waals surface area contributed by atoms with Crippen LogP contribution in [0.2, 0.25) is 5.02 Å². The van der Waals surface area contributed by atoms with Crippen LogP contribution in [-0.4, -0.2) is 13.2 Å². The number of nitrogens with zero attached hydrogens (tertiary/aromatic N) is 1. The molecule has 8 heteroatoms. The zero-order valence-corrected chi connectivity index (χ0v) is 19.9. The van der Waals surface area contributed by atoms with E-state index >= 15 is 0 Å². The van der Waals surface area contributed by atoms with E-state index in [0.717, 1.165) is 11.1 Å². The van der Waals surface area contributed by atoms with E-state index in [9.17, 15) is 13.2 Å². The Kier molecular flexibility index (Phi) is 6.30. The first-order chi connectivity index (χ1) is 15.7. The molecule has 1 aromatic heterocycles. The summed E-state index contributed by atoms with van der Waals surface area (Å²) in [7, 11) is -3.95. The number of halogens is 1. The van der Waals surface area contributed by atoms with Crippen LogP contribution in [0.5, 0.6) is 0 Å². The number of hydrogen-bond acceptors (Lipinski definition) is 4. The lowest BCUT2D eigenvalue weighted by molar-refractivity contribution is 0.321. The van der Waals surface area contributed by atoms with Crippen molar-refractivity contribution in [3.8, 4) is 5.69 Å². The van der Waals surface area contributed by atoms with Crippen LogP contribution in [-0.2, 0) is 10.0 Å². The summed E-state index contributed by atoms with van der Waals surface area (Å²) < 4.78 is 36.1. The van der Waals surface area contributed by atoms with Crippen molar-refractivity contribution in [2.45, 2.75) is 31.7 Å². The van der Waals surface area contributed by atoms with E-state index in [4.69, 9.17) is 16.1 Å². The van der Waals surface area contributed by atoms with Crippen molar-refractivity contribution in [2.24, 2.45) is 0 Å². The van der Waals surface area contributed by atoms with Gasteiger partial charge in [-0.2, -0.15) is 4.72 Å². The minimum atomic E-state index is -3.95. The fourth-order valence-electron chi connectivity index (χ4n) is 3.55. The summed E-state index contributed by atoms with van der Waals surface area (Å²) in [5.74, 6) is 0.312. The lowest BCUT2D eigenvalue weighted by Crippen LogP contribution is -2.33. The smallest absolute Gasteiger partial charge is 0.292 e. The highest BCUT2D eigenvalue weighted by molar-refractivity contribution is 7.89. The van der Waals surface area contributed by atoms with Gasteiger partial charge in [0.1, 0.15) is 5.76 Å². The van der Waals surface area contributed by atoms with Gasteiger partial charge in [-0.15, -0.1) is 4.74 Å². The van der Waals surface area contributed by atoms with Crippen LogP contribution in [0, 0.1) is 20.8 Å².